The van der Waals surface area contributed by atoms with Crippen LogP contribution < -0.4 is 5.32 Å². The van der Waals surface area contributed by atoms with Gasteiger partial charge >= 0.3 is 0 Å². The Bertz CT molecular complexity index is 889. The van der Waals surface area contributed by atoms with Gasteiger partial charge in [-0.25, -0.2) is 0 Å². The minimum Gasteiger partial charge on any atom is -0.383 e. The Hall–Kier alpha value is -1.86. The van der Waals surface area contributed by atoms with Crippen LogP contribution in [0.2, 0.25) is 0 Å². The van der Waals surface area contributed by atoms with Gasteiger partial charge < -0.3 is 19.5 Å². The largest absolute Gasteiger partial charge is 0.383 e. The molecule has 2 aromatic heterocycles. The van der Waals surface area contributed by atoms with Gasteiger partial charge in [-0.1, -0.05) is 19.8 Å². The van der Waals surface area contributed by atoms with E-state index in [1.54, 1.807) is 23.3 Å². The molecule has 0 spiro atoms. The third kappa shape index (κ3) is 3.14. The molecule has 2 aromatic rings. The molecular formula is C21H29N3O3S. The van der Waals surface area contributed by atoms with E-state index in [4.69, 9.17) is 4.74 Å². The number of amides is 2. The van der Waals surface area contributed by atoms with Crippen LogP contribution in [0.1, 0.15) is 50.0 Å². The Morgan fingerprint density at radius 3 is 2.93 bits per heavy atom. The van der Waals surface area contributed by atoms with Crippen LogP contribution in [0.3, 0.4) is 0 Å². The molecule has 1 N–H and O–H groups in total. The van der Waals surface area contributed by atoms with E-state index in [0.717, 1.165) is 29.5 Å². The average Bonchev–Trinajstić information content (AvgIpc) is 3.26. The fraction of sp³-hybridized carbons (Fsp3) is 0.619. The molecule has 2 aliphatic rings. The quantitative estimate of drug-likeness (QED) is 0.833. The normalized spacial score (nSPS) is 27.8. The van der Waals surface area contributed by atoms with Crippen LogP contribution >= 0.6 is 11.3 Å². The van der Waals surface area contributed by atoms with Gasteiger partial charge in [-0.2, -0.15) is 0 Å². The molecule has 1 aliphatic heterocycles. The highest BCUT2D eigenvalue weighted by atomic mass is 32.1. The van der Waals surface area contributed by atoms with Crippen molar-refractivity contribution >= 4 is 33.4 Å². The number of hydrogen-bond donors (Lipinski definition) is 1. The van der Waals surface area contributed by atoms with Gasteiger partial charge in [0.15, 0.2) is 0 Å². The SMILES string of the molecule is COCCN1C(=O)c2cc3sccc3n2C[C@]1(C)C(=O)N[C@H]1CCCC[C@@H]1C. The number of thiophene rings is 1. The van der Waals surface area contributed by atoms with Crippen LogP contribution in [0.5, 0.6) is 0 Å². The number of methoxy groups -OCH3 is 1. The van der Waals surface area contributed by atoms with Crippen molar-refractivity contribution in [2.45, 2.75) is 57.7 Å². The summed E-state index contributed by atoms with van der Waals surface area (Å²) in [5.41, 5.74) is 0.757. The summed E-state index contributed by atoms with van der Waals surface area (Å²) in [6.45, 7) is 5.37. The first kappa shape index (κ1) is 19.5. The zero-order valence-electron chi connectivity index (χ0n) is 16.9. The maximum Gasteiger partial charge on any atom is 0.271 e. The van der Waals surface area contributed by atoms with Crippen molar-refractivity contribution in [3.8, 4) is 0 Å². The van der Waals surface area contributed by atoms with Crippen molar-refractivity contribution in [3.05, 3.63) is 23.2 Å². The molecule has 0 radical (unpaired) electrons. The van der Waals surface area contributed by atoms with Crippen molar-refractivity contribution in [1.82, 2.24) is 14.8 Å². The maximum absolute atomic E-state index is 13.5. The molecule has 3 heterocycles. The van der Waals surface area contributed by atoms with E-state index in [1.807, 2.05) is 29.0 Å². The van der Waals surface area contributed by atoms with E-state index >= 15 is 0 Å². The lowest BCUT2D eigenvalue weighted by Gasteiger charge is -2.45. The van der Waals surface area contributed by atoms with Crippen LogP contribution in [-0.4, -0.2) is 53.1 Å². The highest BCUT2D eigenvalue weighted by molar-refractivity contribution is 7.17. The minimum absolute atomic E-state index is 0.0570. The van der Waals surface area contributed by atoms with Gasteiger partial charge in [0.25, 0.3) is 5.91 Å². The van der Waals surface area contributed by atoms with E-state index in [1.165, 1.54) is 6.42 Å². The van der Waals surface area contributed by atoms with Gasteiger partial charge in [0.2, 0.25) is 5.91 Å². The van der Waals surface area contributed by atoms with E-state index in [0.29, 0.717) is 31.3 Å². The Morgan fingerprint density at radius 1 is 1.39 bits per heavy atom. The smallest absolute Gasteiger partial charge is 0.271 e. The standard InChI is InChI=1S/C21H29N3O3S/c1-14-6-4-5-7-15(14)22-20(26)21(2)13-23-16-8-11-28-18(16)12-17(23)19(25)24(21)9-10-27-3/h8,11-12,14-15H,4-7,9-10,13H2,1-3H3,(H,22,26)/t14-,15-,21+/m0/s1. The van der Waals surface area contributed by atoms with Gasteiger partial charge in [0.1, 0.15) is 11.2 Å². The number of aromatic nitrogens is 1. The highest BCUT2D eigenvalue weighted by Crippen LogP contribution is 2.34. The number of carbonyl (C=O) groups is 2. The monoisotopic (exact) mass is 403 g/mol. The van der Waals surface area contributed by atoms with Gasteiger partial charge in [0, 0.05) is 19.7 Å². The third-order valence-corrected chi connectivity index (χ3v) is 7.34. The molecule has 0 aromatic carbocycles. The second kappa shape index (κ2) is 7.52. The molecule has 1 fully saturated rings. The molecule has 28 heavy (non-hydrogen) atoms. The number of nitrogens with zero attached hydrogens (tertiary/aromatic N) is 2. The fourth-order valence-corrected chi connectivity index (χ4v) is 5.48. The summed E-state index contributed by atoms with van der Waals surface area (Å²) >= 11 is 1.62. The zero-order chi connectivity index (χ0) is 19.9. The third-order valence-electron chi connectivity index (χ3n) is 6.48. The Morgan fingerprint density at radius 2 is 2.18 bits per heavy atom. The molecule has 1 saturated carbocycles. The van der Waals surface area contributed by atoms with Gasteiger partial charge in [-0.3, -0.25) is 9.59 Å². The molecule has 0 saturated heterocycles. The first-order valence-electron chi connectivity index (χ1n) is 10.1. The lowest BCUT2D eigenvalue weighted by atomic mass is 9.85. The zero-order valence-corrected chi connectivity index (χ0v) is 17.7. The topological polar surface area (TPSA) is 63.6 Å². The van der Waals surface area contributed by atoms with Crippen LogP contribution in [0.4, 0.5) is 0 Å². The maximum atomic E-state index is 13.5. The lowest BCUT2D eigenvalue weighted by molar-refractivity contribution is -0.134. The summed E-state index contributed by atoms with van der Waals surface area (Å²) in [6, 6.07) is 4.16. The number of carbonyl (C=O) groups excluding carboxylic acids is 2. The number of ether oxygens (including phenoxy) is 1. The molecule has 4 rings (SSSR count). The van der Waals surface area contributed by atoms with Crippen molar-refractivity contribution in [2.24, 2.45) is 5.92 Å². The van der Waals surface area contributed by atoms with E-state index < -0.39 is 5.54 Å². The molecule has 6 nitrogen and oxygen atoms in total. The van der Waals surface area contributed by atoms with Gasteiger partial charge in [-0.05, 0) is 43.2 Å². The predicted molar refractivity (Wildman–Crippen MR) is 111 cm³/mol. The Labute approximate surface area is 169 Å². The molecule has 0 unspecified atom stereocenters. The fourth-order valence-electron chi connectivity index (χ4n) is 4.66. The molecule has 3 atom stereocenters. The first-order valence-corrected chi connectivity index (χ1v) is 11.0. The number of hydrogen-bond acceptors (Lipinski definition) is 4. The summed E-state index contributed by atoms with van der Waals surface area (Å²) in [4.78, 5) is 28.5. The number of nitrogens with one attached hydrogen (secondary N) is 1. The molecular weight excluding hydrogens is 374 g/mol. The molecule has 2 amide bonds. The number of fused-ring (bicyclic) bond motifs is 3. The number of rotatable bonds is 5. The second-order valence-corrected chi connectivity index (χ2v) is 9.30. The van der Waals surface area contributed by atoms with Gasteiger partial charge in [0.05, 0.1) is 23.4 Å². The summed E-state index contributed by atoms with van der Waals surface area (Å²) < 4.78 is 8.33. The van der Waals surface area contributed by atoms with E-state index in [-0.39, 0.29) is 17.9 Å². The Balaban J connectivity index is 1.68. The molecule has 152 valence electrons. The lowest BCUT2D eigenvalue weighted by Crippen LogP contribution is -2.65. The summed E-state index contributed by atoms with van der Waals surface area (Å²) in [5, 5.41) is 5.31. The summed E-state index contributed by atoms with van der Waals surface area (Å²) in [7, 11) is 1.62. The Kier molecular flexibility index (Phi) is 5.22. The van der Waals surface area contributed by atoms with Crippen molar-refractivity contribution in [2.75, 3.05) is 20.3 Å². The molecule has 1 aliphatic carbocycles. The van der Waals surface area contributed by atoms with Crippen LogP contribution in [-0.2, 0) is 16.1 Å². The van der Waals surface area contributed by atoms with E-state index in [2.05, 4.69) is 12.2 Å². The molecule has 7 heteroatoms. The van der Waals surface area contributed by atoms with Gasteiger partial charge in [-0.15, -0.1) is 11.3 Å². The highest BCUT2D eigenvalue weighted by Gasteiger charge is 2.48. The summed E-state index contributed by atoms with van der Waals surface area (Å²) in [6.07, 6.45) is 4.53. The predicted octanol–water partition coefficient (Wildman–Crippen LogP) is 3.26. The van der Waals surface area contributed by atoms with Crippen LogP contribution in [0, 0.1) is 5.92 Å². The molecule has 0 bridgehead atoms. The summed E-state index contributed by atoms with van der Waals surface area (Å²) in [5.74, 6) is 0.318. The van der Waals surface area contributed by atoms with Crippen molar-refractivity contribution in [3.63, 3.8) is 0 Å². The van der Waals surface area contributed by atoms with Crippen LogP contribution in [0.15, 0.2) is 17.5 Å². The second-order valence-electron chi connectivity index (χ2n) is 8.35. The average molecular weight is 404 g/mol. The van der Waals surface area contributed by atoms with Crippen molar-refractivity contribution in [1.29, 1.82) is 0 Å². The van der Waals surface area contributed by atoms with Crippen LogP contribution in [0.25, 0.3) is 10.2 Å². The first-order chi connectivity index (χ1) is 13.5. The minimum atomic E-state index is -0.937. The van der Waals surface area contributed by atoms with Crippen molar-refractivity contribution < 1.29 is 14.3 Å². The van der Waals surface area contributed by atoms with E-state index in [9.17, 15) is 9.59 Å².